The maximum Gasteiger partial charge on any atom is 0.332 e. The van der Waals surface area contributed by atoms with Crippen molar-refractivity contribution < 1.29 is 19.8 Å². The van der Waals surface area contributed by atoms with Gasteiger partial charge in [-0.1, -0.05) is 40.0 Å². The van der Waals surface area contributed by atoms with E-state index in [0.717, 1.165) is 25.3 Å². The number of hydrogen-bond acceptors (Lipinski definition) is 2. The van der Waals surface area contributed by atoms with Gasteiger partial charge in [-0.15, -0.1) is 0 Å². The lowest BCUT2D eigenvalue weighted by atomic mass is 9.79. The molecule has 0 aromatic rings. The second kappa shape index (κ2) is 6.30. The standard InChI is InChI=1S/C12H20O4/c1-4-5-6-7-12(2,3)9(11(15)16)8-10(13)14/h8H,4-7H2,1-3H3,(H,13,14)(H,15,16)/b9-8+. The summed E-state index contributed by atoms with van der Waals surface area (Å²) >= 11 is 0. The largest absolute Gasteiger partial charge is 0.478 e. The van der Waals surface area contributed by atoms with Gasteiger partial charge in [0.25, 0.3) is 0 Å². The Morgan fingerprint density at radius 1 is 1.19 bits per heavy atom. The lowest BCUT2D eigenvalue weighted by molar-refractivity contribution is -0.136. The third-order valence-electron chi connectivity index (χ3n) is 2.63. The van der Waals surface area contributed by atoms with Gasteiger partial charge >= 0.3 is 11.9 Å². The van der Waals surface area contributed by atoms with Crippen molar-refractivity contribution in [3.63, 3.8) is 0 Å². The molecule has 0 saturated heterocycles. The average molecular weight is 228 g/mol. The third kappa shape index (κ3) is 4.96. The van der Waals surface area contributed by atoms with Crippen LogP contribution in [0.5, 0.6) is 0 Å². The molecule has 0 unspecified atom stereocenters. The summed E-state index contributed by atoms with van der Waals surface area (Å²) in [6.45, 7) is 5.61. The summed E-state index contributed by atoms with van der Waals surface area (Å²) in [5.74, 6) is -2.36. The van der Waals surface area contributed by atoms with E-state index in [9.17, 15) is 9.59 Å². The maximum absolute atomic E-state index is 11.0. The van der Waals surface area contributed by atoms with Gasteiger partial charge in [0.1, 0.15) is 0 Å². The van der Waals surface area contributed by atoms with Crippen LogP contribution < -0.4 is 0 Å². The van der Waals surface area contributed by atoms with Crippen molar-refractivity contribution in [2.24, 2.45) is 5.41 Å². The van der Waals surface area contributed by atoms with Crippen LogP contribution in [-0.4, -0.2) is 22.2 Å². The number of carboxylic acids is 2. The lowest BCUT2D eigenvalue weighted by Crippen LogP contribution is -2.22. The first-order valence-corrected chi connectivity index (χ1v) is 5.49. The first-order chi connectivity index (χ1) is 7.31. The van der Waals surface area contributed by atoms with Gasteiger partial charge in [-0.25, -0.2) is 9.59 Å². The maximum atomic E-state index is 11.0. The van der Waals surface area contributed by atoms with Gasteiger partial charge in [0.05, 0.1) is 0 Å². The van der Waals surface area contributed by atoms with Crippen LogP contribution in [0.2, 0.25) is 0 Å². The Kier molecular flexibility index (Phi) is 5.78. The van der Waals surface area contributed by atoms with E-state index in [2.05, 4.69) is 6.92 Å². The number of aliphatic carboxylic acids is 2. The van der Waals surface area contributed by atoms with Gasteiger partial charge in [-0.2, -0.15) is 0 Å². The SMILES string of the molecule is CCCCCC(C)(C)/C(=C/C(=O)O)C(=O)O. The summed E-state index contributed by atoms with van der Waals surface area (Å²) < 4.78 is 0. The van der Waals surface area contributed by atoms with E-state index in [1.807, 2.05) is 0 Å². The summed E-state index contributed by atoms with van der Waals surface area (Å²) in [7, 11) is 0. The van der Waals surface area contributed by atoms with Crippen LogP contribution in [0.1, 0.15) is 46.5 Å². The number of carbonyl (C=O) groups is 2. The molecule has 2 N–H and O–H groups in total. The van der Waals surface area contributed by atoms with Gasteiger partial charge in [0.2, 0.25) is 0 Å². The van der Waals surface area contributed by atoms with Crippen molar-refractivity contribution in [2.75, 3.05) is 0 Å². The molecule has 4 heteroatoms. The molecule has 4 nitrogen and oxygen atoms in total. The first kappa shape index (κ1) is 14.7. The van der Waals surface area contributed by atoms with E-state index in [1.54, 1.807) is 13.8 Å². The van der Waals surface area contributed by atoms with Gasteiger partial charge < -0.3 is 10.2 Å². The highest BCUT2D eigenvalue weighted by Crippen LogP contribution is 2.32. The zero-order valence-electron chi connectivity index (χ0n) is 10.1. The third-order valence-corrected chi connectivity index (χ3v) is 2.63. The predicted molar refractivity (Wildman–Crippen MR) is 61.3 cm³/mol. The quantitative estimate of drug-likeness (QED) is 0.519. The summed E-state index contributed by atoms with van der Waals surface area (Å²) in [5.41, 5.74) is -0.629. The van der Waals surface area contributed by atoms with E-state index in [0.29, 0.717) is 6.42 Å². The van der Waals surface area contributed by atoms with Crippen molar-refractivity contribution in [1.82, 2.24) is 0 Å². The highest BCUT2D eigenvalue weighted by Gasteiger charge is 2.28. The van der Waals surface area contributed by atoms with Gasteiger partial charge in [0, 0.05) is 11.6 Å². The van der Waals surface area contributed by atoms with Crippen molar-refractivity contribution in [3.8, 4) is 0 Å². The van der Waals surface area contributed by atoms with Crippen molar-refractivity contribution in [3.05, 3.63) is 11.6 Å². The summed E-state index contributed by atoms with van der Waals surface area (Å²) in [5, 5.41) is 17.6. The smallest absolute Gasteiger partial charge is 0.332 e. The molecule has 0 aliphatic rings. The molecule has 92 valence electrons. The van der Waals surface area contributed by atoms with Crippen LogP contribution in [0.3, 0.4) is 0 Å². The molecule has 0 atom stereocenters. The van der Waals surface area contributed by atoms with E-state index in [1.165, 1.54) is 0 Å². The normalized spacial score (nSPS) is 12.6. The van der Waals surface area contributed by atoms with Gasteiger partial charge in [-0.3, -0.25) is 0 Å². The fraction of sp³-hybridized carbons (Fsp3) is 0.667. The van der Waals surface area contributed by atoms with Crippen molar-refractivity contribution in [2.45, 2.75) is 46.5 Å². The minimum absolute atomic E-state index is 0.0314. The second-order valence-corrected chi connectivity index (χ2v) is 4.54. The summed E-state index contributed by atoms with van der Waals surface area (Å²) in [6, 6.07) is 0. The topological polar surface area (TPSA) is 74.6 Å². The van der Waals surface area contributed by atoms with Crippen LogP contribution in [0.15, 0.2) is 11.6 Å². The van der Waals surface area contributed by atoms with Crippen LogP contribution in [0.25, 0.3) is 0 Å². The molecule has 0 rings (SSSR count). The molecular weight excluding hydrogens is 208 g/mol. The van der Waals surface area contributed by atoms with Crippen LogP contribution >= 0.6 is 0 Å². The van der Waals surface area contributed by atoms with Crippen LogP contribution in [0, 0.1) is 5.41 Å². The monoisotopic (exact) mass is 228 g/mol. The van der Waals surface area contributed by atoms with E-state index in [4.69, 9.17) is 10.2 Å². The summed E-state index contributed by atoms with van der Waals surface area (Å²) in [4.78, 5) is 21.5. The molecule has 0 aromatic carbocycles. The van der Waals surface area contributed by atoms with Crippen molar-refractivity contribution >= 4 is 11.9 Å². The Morgan fingerprint density at radius 3 is 2.12 bits per heavy atom. The molecule has 0 radical (unpaired) electrons. The molecule has 0 fully saturated rings. The molecule has 16 heavy (non-hydrogen) atoms. The van der Waals surface area contributed by atoms with Gasteiger partial charge in [-0.05, 0) is 11.8 Å². The molecule has 0 aliphatic carbocycles. The van der Waals surface area contributed by atoms with Crippen LogP contribution in [0.4, 0.5) is 0 Å². The molecule has 0 amide bonds. The minimum atomic E-state index is -1.21. The molecular formula is C12H20O4. The Morgan fingerprint density at radius 2 is 1.75 bits per heavy atom. The minimum Gasteiger partial charge on any atom is -0.478 e. The van der Waals surface area contributed by atoms with Gasteiger partial charge in [0.15, 0.2) is 0 Å². The Labute approximate surface area is 96.0 Å². The number of carboxylic acid groups (broad SMARTS) is 2. The highest BCUT2D eigenvalue weighted by atomic mass is 16.4. The number of hydrogen-bond donors (Lipinski definition) is 2. The number of unbranched alkanes of at least 4 members (excludes halogenated alkanes) is 2. The fourth-order valence-corrected chi connectivity index (χ4v) is 1.62. The molecule has 0 spiro atoms. The first-order valence-electron chi connectivity index (χ1n) is 5.49. The Balaban J connectivity index is 4.76. The van der Waals surface area contributed by atoms with Crippen LogP contribution in [-0.2, 0) is 9.59 Å². The summed E-state index contributed by atoms with van der Waals surface area (Å²) in [6.07, 6.45) is 4.48. The number of rotatable bonds is 7. The second-order valence-electron chi connectivity index (χ2n) is 4.54. The van der Waals surface area contributed by atoms with E-state index < -0.39 is 17.4 Å². The predicted octanol–water partition coefficient (Wildman–Crippen LogP) is 2.69. The molecule has 0 heterocycles. The van der Waals surface area contributed by atoms with E-state index >= 15 is 0 Å². The zero-order valence-corrected chi connectivity index (χ0v) is 10.1. The Hall–Kier alpha value is -1.32. The molecule has 0 saturated carbocycles. The fourth-order valence-electron chi connectivity index (χ4n) is 1.62. The Bertz CT molecular complexity index is 289. The molecule has 0 bridgehead atoms. The lowest BCUT2D eigenvalue weighted by Gasteiger charge is -2.25. The zero-order chi connectivity index (χ0) is 12.8. The average Bonchev–Trinajstić information content (AvgIpc) is 2.13. The van der Waals surface area contributed by atoms with E-state index in [-0.39, 0.29) is 5.57 Å². The van der Waals surface area contributed by atoms with Crippen molar-refractivity contribution in [1.29, 1.82) is 0 Å². The molecule has 0 aromatic heterocycles. The highest BCUT2D eigenvalue weighted by molar-refractivity contribution is 5.95. The molecule has 0 aliphatic heterocycles.